The van der Waals surface area contributed by atoms with E-state index in [1.165, 1.54) is 0 Å². The summed E-state index contributed by atoms with van der Waals surface area (Å²) in [4.78, 5) is 4.14. The van der Waals surface area contributed by atoms with Gasteiger partial charge in [0.05, 0.1) is 11.1 Å². The summed E-state index contributed by atoms with van der Waals surface area (Å²) in [6.07, 6.45) is 1.42. The van der Waals surface area contributed by atoms with E-state index in [9.17, 15) is 13.2 Å². The molecule has 0 saturated carbocycles. The number of aryl methyl sites for hydroxylation is 1. The zero-order valence-corrected chi connectivity index (χ0v) is 11.8. The maximum atomic E-state index is 14.1. The highest BCUT2D eigenvalue weighted by Gasteiger charge is 2.20. The summed E-state index contributed by atoms with van der Waals surface area (Å²) < 4.78 is 41.4. The van der Waals surface area contributed by atoms with Crippen molar-refractivity contribution in [2.75, 3.05) is 11.9 Å². The summed E-state index contributed by atoms with van der Waals surface area (Å²) in [7, 11) is 0. The second kappa shape index (κ2) is 5.69. The predicted molar refractivity (Wildman–Crippen MR) is 74.5 cm³/mol. The molecule has 0 fully saturated rings. The van der Waals surface area contributed by atoms with Gasteiger partial charge in [-0.15, -0.1) is 0 Å². The first-order chi connectivity index (χ1) is 9.51. The molecule has 2 nitrogen and oxygen atoms in total. The molecule has 108 valence electrons. The Kier molecular flexibility index (Phi) is 4.16. The minimum atomic E-state index is -1.19. The summed E-state index contributed by atoms with van der Waals surface area (Å²) in [5, 5.41) is 2.96. The van der Waals surface area contributed by atoms with Gasteiger partial charge in [-0.25, -0.2) is 18.2 Å². The minimum Gasteiger partial charge on any atom is -0.384 e. The number of halogens is 3. The first-order valence-electron chi connectivity index (χ1n) is 6.71. The summed E-state index contributed by atoms with van der Waals surface area (Å²) in [6.45, 7) is 6.23. The number of hydrogen-bond donors (Lipinski definition) is 1. The maximum Gasteiger partial charge on any atom is 0.170 e. The molecule has 0 radical (unpaired) electrons. The van der Waals surface area contributed by atoms with Gasteiger partial charge in [-0.2, -0.15) is 0 Å². The Morgan fingerprint density at radius 2 is 1.85 bits per heavy atom. The number of benzene rings is 1. The SMILES string of the molecule is CCCNc1c(C)c(CC)nc2c(F)cc(F)c(F)c12. The third-order valence-electron chi connectivity index (χ3n) is 3.34. The fourth-order valence-corrected chi connectivity index (χ4v) is 2.29. The molecule has 0 spiro atoms. The van der Waals surface area contributed by atoms with Crippen molar-refractivity contribution in [1.82, 2.24) is 4.98 Å². The van der Waals surface area contributed by atoms with E-state index in [1.54, 1.807) is 6.92 Å². The molecule has 5 heteroatoms. The molecule has 0 atom stereocenters. The fraction of sp³-hybridized carbons (Fsp3) is 0.400. The van der Waals surface area contributed by atoms with Crippen LogP contribution in [-0.2, 0) is 6.42 Å². The van der Waals surface area contributed by atoms with E-state index in [2.05, 4.69) is 10.3 Å². The molecule has 1 aromatic carbocycles. The summed E-state index contributed by atoms with van der Waals surface area (Å²) >= 11 is 0. The van der Waals surface area contributed by atoms with Crippen molar-refractivity contribution in [3.63, 3.8) is 0 Å². The standard InChI is InChI=1S/C15H17F3N2/c1-4-6-19-14-8(3)11(5-2)20-15-10(17)7-9(16)13(18)12(14)15/h7H,4-6H2,1-3H3,(H,19,20). The molecule has 0 aliphatic carbocycles. The molecule has 0 aliphatic heterocycles. The third-order valence-corrected chi connectivity index (χ3v) is 3.34. The van der Waals surface area contributed by atoms with E-state index in [0.29, 0.717) is 30.4 Å². The molecule has 2 aromatic rings. The lowest BCUT2D eigenvalue weighted by molar-refractivity contribution is 0.505. The molecular weight excluding hydrogens is 265 g/mol. The van der Waals surface area contributed by atoms with Gasteiger partial charge in [0.2, 0.25) is 0 Å². The van der Waals surface area contributed by atoms with Crippen LogP contribution in [0, 0.1) is 24.4 Å². The van der Waals surface area contributed by atoms with E-state index >= 15 is 0 Å². The number of hydrogen-bond acceptors (Lipinski definition) is 2. The van der Waals surface area contributed by atoms with E-state index in [-0.39, 0.29) is 10.9 Å². The van der Waals surface area contributed by atoms with Gasteiger partial charge in [0.1, 0.15) is 5.52 Å². The number of nitrogens with zero attached hydrogens (tertiary/aromatic N) is 1. The van der Waals surface area contributed by atoms with Crippen molar-refractivity contribution < 1.29 is 13.2 Å². The topological polar surface area (TPSA) is 24.9 Å². The first-order valence-corrected chi connectivity index (χ1v) is 6.71. The highest BCUT2D eigenvalue weighted by atomic mass is 19.2. The molecule has 1 heterocycles. The minimum absolute atomic E-state index is 0.106. The monoisotopic (exact) mass is 282 g/mol. The lowest BCUT2D eigenvalue weighted by Crippen LogP contribution is -2.08. The Morgan fingerprint density at radius 1 is 1.15 bits per heavy atom. The second-order valence-corrected chi connectivity index (χ2v) is 4.72. The van der Waals surface area contributed by atoms with Crippen LogP contribution in [0.2, 0.25) is 0 Å². The summed E-state index contributed by atoms with van der Waals surface area (Å²) in [5.41, 5.74) is 1.73. The number of nitrogens with one attached hydrogen (secondary N) is 1. The highest BCUT2D eigenvalue weighted by Crippen LogP contribution is 2.33. The number of pyridine rings is 1. The zero-order chi connectivity index (χ0) is 14.9. The molecule has 2 rings (SSSR count). The van der Waals surface area contributed by atoms with E-state index in [0.717, 1.165) is 12.0 Å². The Labute approximate surface area is 116 Å². The van der Waals surface area contributed by atoms with Gasteiger partial charge in [-0.3, -0.25) is 0 Å². The van der Waals surface area contributed by atoms with Gasteiger partial charge < -0.3 is 5.32 Å². The molecule has 1 aromatic heterocycles. The zero-order valence-electron chi connectivity index (χ0n) is 11.8. The number of aromatic nitrogens is 1. The number of fused-ring (bicyclic) bond motifs is 1. The summed E-state index contributed by atoms with van der Waals surface area (Å²) in [6, 6.07) is 0.545. The highest BCUT2D eigenvalue weighted by molar-refractivity contribution is 5.94. The van der Waals surface area contributed by atoms with E-state index in [4.69, 9.17) is 0 Å². The molecule has 0 unspecified atom stereocenters. The quantitative estimate of drug-likeness (QED) is 0.843. The van der Waals surface area contributed by atoms with Crippen LogP contribution >= 0.6 is 0 Å². The van der Waals surface area contributed by atoms with Crippen molar-refractivity contribution in [1.29, 1.82) is 0 Å². The lowest BCUT2D eigenvalue weighted by atomic mass is 10.0. The van der Waals surface area contributed by atoms with Crippen molar-refractivity contribution >= 4 is 16.6 Å². The molecule has 20 heavy (non-hydrogen) atoms. The van der Waals surface area contributed by atoms with Crippen molar-refractivity contribution in [2.24, 2.45) is 0 Å². The van der Waals surface area contributed by atoms with Crippen LogP contribution in [0.15, 0.2) is 6.07 Å². The van der Waals surface area contributed by atoms with Crippen LogP contribution in [-0.4, -0.2) is 11.5 Å². The Balaban J connectivity index is 2.86. The number of rotatable bonds is 4. The molecule has 0 saturated heterocycles. The van der Waals surface area contributed by atoms with Crippen molar-refractivity contribution in [3.05, 3.63) is 34.8 Å². The largest absolute Gasteiger partial charge is 0.384 e. The van der Waals surface area contributed by atoms with Crippen LogP contribution in [0.25, 0.3) is 10.9 Å². The van der Waals surface area contributed by atoms with Gasteiger partial charge in [0.25, 0.3) is 0 Å². The Bertz CT molecular complexity index is 654. The third kappa shape index (κ3) is 2.32. The fourth-order valence-electron chi connectivity index (χ4n) is 2.29. The van der Waals surface area contributed by atoms with E-state index < -0.39 is 17.5 Å². The summed E-state index contributed by atoms with van der Waals surface area (Å²) in [5.74, 6) is -3.09. The molecule has 1 N–H and O–H groups in total. The molecular formula is C15H17F3N2. The maximum absolute atomic E-state index is 14.1. The smallest absolute Gasteiger partial charge is 0.170 e. The average molecular weight is 282 g/mol. The van der Waals surface area contributed by atoms with Crippen LogP contribution in [0.4, 0.5) is 18.9 Å². The predicted octanol–water partition coefficient (Wildman–Crippen LogP) is 4.34. The number of anilines is 1. The first kappa shape index (κ1) is 14.6. The average Bonchev–Trinajstić information content (AvgIpc) is 2.43. The van der Waals surface area contributed by atoms with Gasteiger partial charge in [0, 0.05) is 18.3 Å². The van der Waals surface area contributed by atoms with Gasteiger partial charge >= 0.3 is 0 Å². The van der Waals surface area contributed by atoms with Gasteiger partial charge in [-0.1, -0.05) is 13.8 Å². The van der Waals surface area contributed by atoms with Crippen molar-refractivity contribution in [2.45, 2.75) is 33.6 Å². The molecule has 0 aliphatic rings. The van der Waals surface area contributed by atoms with E-state index in [1.807, 2.05) is 13.8 Å². The lowest BCUT2D eigenvalue weighted by Gasteiger charge is -2.16. The van der Waals surface area contributed by atoms with Crippen LogP contribution in [0.5, 0.6) is 0 Å². The van der Waals surface area contributed by atoms with Crippen LogP contribution in [0.1, 0.15) is 31.5 Å². The Morgan fingerprint density at radius 3 is 2.45 bits per heavy atom. The Hall–Kier alpha value is -1.78. The van der Waals surface area contributed by atoms with Crippen molar-refractivity contribution in [3.8, 4) is 0 Å². The molecule has 0 amide bonds. The van der Waals surface area contributed by atoms with Gasteiger partial charge in [-0.05, 0) is 25.3 Å². The second-order valence-electron chi connectivity index (χ2n) is 4.72. The van der Waals surface area contributed by atoms with Gasteiger partial charge in [0.15, 0.2) is 17.5 Å². The van der Waals surface area contributed by atoms with Crippen LogP contribution < -0.4 is 5.32 Å². The molecule has 0 bridgehead atoms. The van der Waals surface area contributed by atoms with Crippen LogP contribution in [0.3, 0.4) is 0 Å². The normalized spacial score (nSPS) is 11.1.